The average molecular weight is 306 g/mol. The van der Waals surface area contributed by atoms with Gasteiger partial charge in [-0.15, -0.1) is 12.4 Å². The second-order valence-corrected chi connectivity index (χ2v) is 4.26. The molecule has 0 bridgehead atoms. The molecule has 0 aliphatic heterocycles. The molecule has 5 nitrogen and oxygen atoms in total. The van der Waals surface area contributed by atoms with Crippen molar-refractivity contribution >= 4 is 12.4 Å². The molecule has 0 spiro atoms. The Kier molecular flexibility index (Phi) is 6.60. The van der Waals surface area contributed by atoms with E-state index in [2.05, 4.69) is 22.4 Å². The smallest absolute Gasteiger partial charge is 0.307 e. The fourth-order valence-electron chi connectivity index (χ4n) is 1.84. The minimum Gasteiger partial charge on any atom is -0.307 e. The molecule has 0 unspecified atom stereocenters. The summed E-state index contributed by atoms with van der Waals surface area (Å²) in [6.45, 7) is 1.32. The Morgan fingerprint density at radius 2 is 2.10 bits per heavy atom. The third-order valence-electron chi connectivity index (χ3n) is 2.71. The summed E-state index contributed by atoms with van der Waals surface area (Å²) in [7, 11) is 0. The molecule has 0 saturated carbocycles. The van der Waals surface area contributed by atoms with Crippen LogP contribution in [-0.4, -0.2) is 19.6 Å². The highest BCUT2D eigenvalue weighted by atomic mass is 35.5. The molecule has 0 atom stereocenters. The Hall–Kier alpha value is -1.47. The summed E-state index contributed by atoms with van der Waals surface area (Å²) in [5.41, 5.74) is 1.51. The van der Waals surface area contributed by atoms with Gasteiger partial charge in [-0.25, -0.2) is 4.68 Å². The van der Waals surface area contributed by atoms with Crippen LogP contribution < -0.4 is 5.32 Å². The third-order valence-corrected chi connectivity index (χ3v) is 2.71. The zero-order valence-electron chi connectivity index (χ0n) is 11.2. The Morgan fingerprint density at radius 1 is 1.30 bits per heavy atom. The minimum atomic E-state index is -2.60. The van der Waals surface area contributed by atoms with E-state index in [0.717, 1.165) is 18.5 Å². The first kappa shape index (κ1) is 16.6. The molecular weight excluding hydrogens is 288 g/mol. The van der Waals surface area contributed by atoms with E-state index in [1.807, 2.05) is 10.9 Å². The molecular formula is C12H18ClF2N5. The van der Waals surface area contributed by atoms with E-state index in [9.17, 15) is 8.78 Å². The third kappa shape index (κ3) is 4.28. The first-order chi connectivity index (χ1) is 9.20. The number of aryl methyl sites for hydroxylation is 1. The average Bonchev–Trinajstić information content (AvgIpc) is 2.99. The lowest BCUT2D eigenvalue weighted by Crippen LogP contribution is -2.16. The first-order valence-corrected chi connectivity index (χ1v) is 6.23. The topological polar surface area (TPSA) is 47.7 Å². The molecule has 2 heterocycles. The van der Waals surface area contributed by atoms with Gasteiger partial charge in [-0.1, -0.05) is 6.92 Å². The predicted molar refractivity (Wildman–Crippen MR) is 73.8 cm³/mol. The van der Waals surface area contributed by atoms with E-state index < -0.39 is 6.55 Å². The Balaban J connectivity index is 0.00000200. The summed E-state index contributed by atoms with van der Waals surface area (Å²) in [6, 6.07) is 1.58. The lowest BCUT2D eigenvalue weighted by atomic mass is 10.3. The van der Waals surface area contributed by atoms with Crippen LogP contribution >= 0.6 is 12.4 Å². The Labute approximate surface area is 122 Å². The minimum absolute atomic E-state index is 0. The van der Waals surface area contributed by atoms with Crippen molar-refractivity contribution in [3.8, 4) is 0 Å². The molecule has 0 aliphatic carbocycles. The van der Waals surface area contributed by atoms with Crippen molar-refractivity contribution < 1.29 is 8.78 Å². The highest BCUT2D eigenvalue weighted by molar-refractivity contribution is 5.85. The van der Waals surface area contributed by atoms with Gasteiger partial charge in [0.25, 0.3) is 0 Å². The van der Waals surface area contributed by atoms with Gasteiger partial charge in [-0.05, 0) is 12.5 Å². The molecule has 0 saturated heterocycles. The van der Waals surface area contributed by atoms with Crippen LogP contribution in [0.25, 0.3) is 0 Å². The maximum Gasteiger partial charge on any atom is 0.333 e. The number of rotatable bonds is 7. The van der Waals surface area contributed by atoms with Crippen molar-refractivity contribution in [1.82, 2.24) is 24.9 Å². The lowest BCUT2D eigenvalue weighted by Gasteiger charge is -2.06. The maximum absolute atomic E-state index is 12.6. The summed E-state index contributed by atoms with van der Waals surface area (Å²) < 4.78 is 27.7. The first-order valence-electron chi connectivity index (χ1n) is 6.23. The van der Waals surface area contributed by atoms with Crippen molar-refractivity contribution in [2.45, 2.75) is 39.5 Å². The van der Waals surface area contributed by atoms with Crippen LogP contribution in [-0.2, 0) is 19.6 Å². The van der Waals surface area contributed by atoms with E-state index in [1.165, 1.54) is 6.20 Å². The summed E-state index contributed by atoms with van der Waals surface area (Å²) in [5, 5.41) is 10.9. The number of nitrogens with zero attached hydrogens (tertiary/aromatic N) is 4. The zero-order valence-corrected chi connectivity index (χ0v) is 12.0. The molecule has 0 fully saturated rings. The molecule has 2 rings (SSSR count). The van der Waals surface area contributed by atoms with Crippen LogP contribution in [0.4, 0.5) is 8.78 Å². The molecule has 112 valence electrons. The van der Waals surface area contributed by atoms with Gasteiger partial charge in [0.15, 0.2) is 0 Å². The zero-order chi connectivity index (χ0) is 13.7. The highest BCUT2D eigenvalue weighted by Crippen LogP contribution is 2.11. The van der Waals surface area contributed by atoms with Crippen molar-refractivity contribution in [1.29, 1.82) is 0 Å². The SMILES string of the molecule is CCCn1cc(CNCc2ccnn2C(F)F)cn1.Cl. The van der Waals surface area contributed by atoms with Gasteiger partial charge in [0, 0.05) is 37.6 Å². The molecule has 2 aromatic rings. The molecule has 2 aromatic heterocycles. The number of hydrogen-bond acceptors (Lipinski definition) is 3. The van der Waals surface area contributed by atoms with Crippen LogP contribution in [0.5, 0.6) is 0 Å². The fourth-order valence-corrected chi connectivity index (χ4v) is 1.84. The van der Waals surface area contributed by atoms with Gasteiger partial charge in [-0.3, -0.25) is 4.68 Å². The van der Waals surface area contributed by atoms with E-state index in [0.29, 0.717) is 23.5 Å². The molecule has 8 heteroatoms. The van der Waals surface area contributed by atoms with Crippen molar-refractivity contribution in [2.75, 3.05) is 0 Å². The summed E-state index contributed by atoms with van der Waals surface area (Å²) in [5.74, 6) is 0. The van der Waals surface area contributed by atoms with Gasteiger partial charge in [0.1, 0.15) is 0 Å². The monoisotopic (exact) mass is 305 g/mol. The van der Waals surface area contributed by atoms with Gasteiger partial charge >= 0.3 is 6.55 Å². The van der Waals surface area contributed by atoms with Gasteiger partial charge < -0.3 is 5.32 Å². The van der Waals surface area contributed by atoms with Crippen LogP contribution in [0.3, 0.4) is 0 Å². The fraction of sp³-hybridized carbons (Fsp3) is 0.500. The van der Waals surface area contributed by atoms with Crippen LogP contribution in [0.1, 0.15) is 31.2 Å². The summed E-state index contributed by atoms with van der Waals surface area (Å²) >= 11 is 0. The van der Waals surface area contributed by atoms with Crippen LogP contribution in [0.15, 0.2) is 24.7 Å². The summed E-state index contributed by atoms with van der Waals surface area (Å²) in [6.07, 6.45) is 6.15. The molecule has 20 heavy (non-hydrogen) atoms. The largest absolute Gasteiger partial charge is 0.333 e. The maximum atomic E-state index is 12.6. The van der Waals surface area contributed by atoms with Gasteiger partial charge in [0.2, 0.25) is 0 Å². The highest BCUT2D eigenvalue weighted by Gasteiger charge is 2.10. The number of halogens is 3. The quantitative estimate of drug-likeness (QED) is 0.855. The Morgan fingerprint density at radius 3 is 2.80 bits per heavy atom. The lowest BCUT2D eigenvalue weighted by molar-refractivity contribution is 0.0531. The van der Waals surface area contributed by atoms with Crippen molar-refractivity contribution in [2.24, 2.45) is 0 Å². The van der Waals surface area contributed by atoms with Crippen molar-refractivity contribution in [3.63, 3.8) is 0 Å². The van der Waals surface area contributed by atoms with E-state index in [1.54, 1.807) is 12.3 Å². The molecule has 0 aromatic carbocycles. The van der Waals surface area contributed by atoms with E-state index >= 15 is 0 Å². The van der Waals surface area contributed by atoms with E-state index in [-0.39, 0.29) is 12.4 Å². The number of nitrogens with one attached hydrogen (secondary N) is 1. The number of aromatic nitrogens is 4. The van der Waals surface area contributed by atoms with Gasteiger partial charge in [0.05, 0.1) is 11.9 Å². The molecule has 0 aliphatic rings. The number of hydrogen-bond donors (Lipinski definition) is 1. The summed E-state index contributed by atoms with van der Waals surface area (Å²) in [4.78, 5) is 0. The van der Waals surface area contributed by atoms with Crippen molar-refractivity contribution in [3.05, 3.63) is 35.9 Å². The molecule has 0 amide bonds. The second-order valence-electron chi connectivity index (χ2n) is 4.26. The van der Waals surface area contributed by atoms with Crippen LogP contribution in [0, 0.1) is 0 Å². The normalized spacial score (nSPS) is 10.8. The van der Waals surface area contributed by atoms with E-state index in [4.69, 9.17) is 0 Å². The molecule has 0 radical (unpaired) electrons. The standard InChI is InChI=1S/C12H17F2N5.ClH/c1-2-5-18-9-10(7-17-18)6-15-8-11-3-4-16-19(11)12(13)14;/h3-4,7,9,12,15H,2,5-6,8H2,1H3;1H. The number of alkyl halides is 2. The van der Waals surface area contributed by atoms with Crippen LogP contribution in [0.2, 0.25) is 0 Å². The second kappa shape index (κ2) is 7.96. The Bertz CT molecular complexity index is 511. The van der Waals surface area contributed by atoms with Gasteiger partial charge in [-0.2, -0.15) is 19.0 Å². The molecule has 1 N–H and O–H groups in total. The predicted octanol–water partition coefficient (Wildman–Crippen LogP) is 2.60.